The van der Waals surface area contributed by atoms with Crippen LogP contribution in [0.4, 0.5) is 0 Å². The molecule has 2 aromatic heterocycles. The largest absolute Gasteiger partial charge is 0.298 e. The van der Waals surface area contributed by atoms with Crippen molar-refractivity contribution in [3.63, 3.8) is 0 Å². The summed E-state index contributed by atoms with van der Waals surface area (Å²) >= 11 is 3.42. The Morgan fingerprint density at radius 3 is 2.86 bits per heavy atom. The van der Waals surface area contributed by atoms with Crippen LogP contribution in [-0.2, 0) is 0 Å². The lowest BCUT2D eigenvalue weighted by Gasteiger charge is -2.11. The number of nitrogens with one attached hydrogen (secondary N) is 1. The molecule has 4 rings (SSSR count). The number of fused-ring (bicyclic) bond motifs is 1. The van der Waals surface area contributed by atoms with Crippen LogP contribution < -0.4 is 5.32 Å². The number of nitrogens with zero attached hydrogens (tertiary/aromatic N) is 4. The highest BCUT2D eigenvalue weighted by atomic mass is 32.2. The molecule has 22 heavy (non-hydrogen) atoms. The second kappa shape index (κ2) is 5.91. The Morgan fingerprint density at radius 2 is 2.14 bits per heavy atom. The van der Waals surface area contributed by atoms with Crippen molar-refractivity contribution in [3.05, 3.63) is 42.2 Å². The molecule has 1 aliphatic heterocycles. The minimum absolute atomic E-state index is 0.180. The van der Waals surface area contributed by atoms with E-state index in [-0.39, 0.29) is 5.37 Å². The highest BCUT2D eigenvalue weighted by Crippen LogP contribution is 2.30. The summed E-state index contributed by atoms with van der Waals surface area (Å²) in [4.78, 5) is 9.26. The summed E-state index contributed by atoms with van der Waals surface area (Å²) in [6.45, 7) is 1.00. The maximum absolute atomic E-state index is 4.73. The Bertz CT molecular complexity index is 796. The summed E-state index contributed by atoms with van der Waals surface area (Å²) in [6, 6.07) is 12.2. The van der Waals surface area contributed by atoms with Gasteiger partial charge in [-0.05, 0) is 6.26 Å². The molecule has 1 aliphatic rings. The van der Waals surface area contributed by atoms with Crippen LogP contribution in [0, 0.1) is 0 Å². The van der Waals surface area contributed by atoms with Crippen LogP contribution >= 0.6 is 23.5 Å². The van der Waals surface area contributed by atoms with E-state index in [1.165, 1.54) is 0 Å². The monoisotopic (exact) mass is 329 g/mol. The summed E-state index contributed by atoms with van der Waals surface area (Å²) < 4.78 is 1.87. The zero-order valence-electron chi connectivity index (χ0n) is 12.1. The summed E-state index contributed by atoms with van der Waals surface area (Å²) in [5.74, 6) is 2.02. The maximum Gasteiger partial charge on any atom is 0.191 e. The van der Waals surface area contributed by atoms with E-state index in [2.05, 4.69) is 27.4 Å². The van der Waals surface area contributed by atoms with Crippen LogP contribution in [0.5, 0.6) is 0 Å². The highest BCUT2D eigenvalue weighted by molar-refractivity contribution is 7.99. The SMILES string of the molecule is CSc1nc(C2NCCS2)n2nc(-c3ccccc3)cc2n1. The van der Waals surface area contributed by atoms with Crippen molar-refractivity contribution in [2.45, 2.75) is 10.5 Å². The summed E-state index contributed by atoms with van der Waals surface area (Å²) in [5.41, 5.74) is 2.87. The first-order valence-corrected chi connectivity index (χ1v) is 9.34. The molecule has 1 atom stereocenters. The Morgan fingerprint density at radius 1 is 1.27 bits per heavy atom. The zero-order valence-corrected chi connectivity index (χ0v) is 13.7. The molecule has 0 aliphatic carbocycles. The van der Waals surface area contributed by atoms with Gasteiger partial charge in [0.25, 0.3) is 0 Å². The lowest BCUT2D eigenvalue weighted by molar-refractivity contribution is 0.652. The molecule has 3 aromatic rings. The van der Waals surface area contributed by atoms with Gasteiger partial charge in [0, 0.05) is 23.9 Å². The Hall–Kier alpha value is -1.57. The molecule has 0 spiro atoms. The van der Waals surface area contributed by atoms with E-state index in [0.717, 1.165) is 40.2 Å². The third-order valence-electron chi connectivity index (χ3n) is 3.53. The maximum atomic E-state index is 4.73. The molecule has 5 nitrogen and oxygen atoms in total. The number of aromatic nitrogens is 4. The predicted octanol–water partition coefficient (Wildman–Crippen LogP) is 2.85. The minimum Gasteiger partial charge on any atom is -0.298 e. The van der Waals surface area contributed by atoms with Gasteiger partial charge in [-0.1, -0.05) is 42.1 Å². The third-order valence-corrected chi connectivity index (χ3v) is 5.23. The standard InChI is InChI=1S/C15H15N5S2/c1-21-15-17-12-9-11(10-5-3-2-4-6-10)19-20(12)13(18-15)14-16-7-8-22-14/h2-6,9,14,16H,7-8H2,1H3. The van der Waals surface area contributed by atoms with Gasteiger partial charge in [0.15, 0.2) is 16.6 Å². The third kappa shape index (κ3) is 2.49. The summed E-state index contributed by atoms with van der Waals surface area (Å²) in [6.07, 6.45) is 2.00. The van der Waals surface area contributed by atoms with Crippen molar-refractivity contribution in [2.24, 2.45) is 0 Å². The molecule has 1 saturated heterocycles. The Kier molecular flexibility index (Phi) is 3.77. The Labute approximate surface area is 136 Å². The molecule has 0 saturated carbocycles. The first kappa shape index (κ1) is 14.0. The van der Waals surface area contributed by atoms with Crippen LogP contribution in [-0.4, -0.2) is 38.1 Å². The van der Waals surface area contributed by atoms with Gasteiger partial charge >= 0.3 is 0 Å². The zero-order chi connectivity index (χ0) is 14.9. The number of rotatable bonds is 3. The van der Waals surface area contributed by atoms with Crippen LogP contribution in [0.3, 0.4) is 0 Å². The van der Waals surface area contributed by atoms with E-state index < -0.39 is 0 Å². The summed E-state index contributed by atoms with van der Waals surface area (Å²) in [5, 5.41) is 9.17. The lowest BCUT2D eigenvalue weighted by Crippen LogP contribution is -2.18. The fourth-order valence-electron chi connectivity index (χ4n) is 2.49. The van der Waals surface area contributed by atoms with Crippen LogP contribution in [0.25, 0.3) is 16.9 Å². The molecule has 0 bridgehead atoms. The minimum atomic E-state index is 0.180. The van der Waals surface area contributed by atoms with Crippen molar-refractivity contribution >= 4 is 29.2 Å². The molecule has 1 unspecified atom stereocenters. The van der Waals surface area contributed by atoms with Gasteiger partial charge < -0.3 is 0 Å². The van der Waals surface area contributed by atoms with Crippen molar-refractivity contribution in [1.29, 1.82) is 0 Å². The molecule has 0 radical (unpaired) electrons. The van der Waals surface area contributed by atoms with Gasteiger partial charge in [-0.2, -0.15) is 9.61 Å². The Balaban J connectivity index is 1.88. The van der Waals surface area contributed by atoms with Crippen molar-refractivity contribution in [2.75, 3.05) is 18.6 Å². The van der Waals surface area contributed by atoms with Crippen molar-refractivity contribution < 1.29 is 0 Å². The fraction of sp³-hybridized carbons (Fsp3) is 0.267. The average Bonchev–Trinajstić information content (AvgIpc) is 3.24. The first-order chi connectivity index (χ1) is 10.8. The van der Waals surface area contributed by atoms with Crippen molar-refractivity contribution in [3.8, 4) is 11.3 Å². The van der Waals surface area contributed by atoms with E-state index in [1.807, 2.05) is 46.8 Å². The number of thioether (sulfide) groups is 2. The van der Waals surface area contributed by atoms with Crippen LogP contribution in [0.2, 0.25) is 0 Å². The molecule has 3 heterocycles. The van der Waals surface area contributed by atoms with Crippen molar-refractivity contribution in [1.82, 2.24) is 24.9 Å². The molecule has 1 aromatic carbocycles. The topological polar surface area (TPSA) is 55.1 Å². The second-order valence-corrected chi connectivity index (χ2v) is 6.93. The number of hydrogen-bond acceptors (Lipinski definition) is 6. The van der Waals surface area contributed by atoms with E-state index in [0.29, 0.717) is 0 Å². The number of benzene rings is 1. The molecule has 7 heteroatoms. The molecule has 112 valence electrons. The predicted molar refractivity (Wildman–Crippen MR) is 91.2 cm³/mol. The average molecular weight is 329 g/mol. The molecular weight excluding hydrogens is 314 g/mol. The van der Waals surface area contributed by atoms with Crippen LogP contribution in [0.1, 0.15) is 11.2 Å². The van der Waals surface area contributed by atoms with Gasteiger partial charge in [0.1, 0.15) is 5.37 Å². The molecule has 1 fully saturated rings. The van der Waals surface area contributed by atoms with Gasteiger partial charge in [0.05, 0.1) is 5.69 Å². The number of hydrogen-bond donors (Lipinski definition) is 1. The molecule has 0 amide bonds. The van der Waals surface area contributed by atoms with Gasteiger partial charge in [-0.3, -0.25) is 5.32 Å². The van der Waals surface area contributed by atoms with Gasteiger partial charge in [0.2, 0.25) is 0 Å². The normalized spacial score (nSPS) is 18.1. The van der Waals surface area contributed by atoms with E-state index >= 15 is 0 Å². The lowest BCUT2D eigenvalue weighted by atomic mass is 10.2. The van der Waals surface area contributed by atoms with Gasteiger partial charge in [-0.15, -0.1) is 11.8 Å². The second-order valence-electron chi connectivity index (χ2n) is 4.94. The fourth-order valence-corrected chi connectivity index (χ4v) is 3.87. The summed E-state index contributed by atoms with van der Waals surface area (Å²) in [7, 11) is 0. The molecular formula is C15H15N5S2. The van der Waals surface area contributed by atoms with Crippen LogP contribution in [0.15, 0.2) is 41.6 Å². The van der Waals surface area contributed by atoms with E-state index in [1.54, 1.807) is 11.8 Å². The smallest absolute Gasteiger partial charge is 0.191 e. The quantitative estimate of drug-likeness (QED) is 0.746. The highest BCUT2D eigenvalue weighted by Gasteiger charge is 2.23. The van der Waals surface area contributed by atoms with Gasteiger partial charge in [-0.25, -0.2) is 9.97 Å². The first-order valence-electron chi connectivity index (χ1n) is 7.07. The van der Waals surface area contributed by atoms with E-state index in [9.17, 15) is 0 Å². The van der Waals surface area contributed by atoms with E-state index in [4.69, 9.17) is 5.10 Å². The molecule has 1 N–H and O–H groups in total.